The normalized spacial score (nSPS) is 11.8. The minimum atomic E-state index is -0.993. The third kappa shape index (κ3) is 3.12. The largest absolute Gasteiger partial charge is 0.493 e. The van der Waals surface area contributed by atoms with Crippen molar-refractivity contribution in [2.24, 2.45) is 0 Å². The maximum absolute atomic E-state index is 10.7. The number of benzene rings is 1. The average molecular weight is 256 g/mol. The Labute approximate surface area is 105 Å². The number of hydrogen-bond donors (Lipinski definition) is 2. The first kappa shape index (κ1) is 14.3. The molecule has 0 amide bonds. The summed E-state index contributed by atoms with van der Waals surface area (Å²) in [5.41, 5.74) is 0.586. The monoisotopic (exact) mass is 256 g/mol. The fourth-order valence-electron chi connectivity index (χ4n) is 1.40. The Balaban J connectivity index is 3.17. The van der Waals surface area contributed by atoms with Crippen LogP contribution in [-0.2, 0) is 11.4 Å². The number of carbonyl (C=O) groups is 1. The van der Waals surface area contributed by atoms with Crippen LogP contribution in [0.3, 0.4) is 0 Å². The van der Waals surface area contributed by atoms with Crippen LogP contribution in [0.5, 0.6) is 17.2 Å². The number of carbonyl (C=O) groups excluding carboxylic acids is 1. The second kappa shape index (κ2) is 6.83. The van der Waals surface area contributed by atoms with E-state index < -0.39 is 12.7 Å². The van der Waals surface area contributed by atoms with Crippen LogP contribution in [-0.4, -0.2) is 43.4 Å². The van der Waals surface area contributed by atoms with Crippen molar-refractivity contribution in [3.8, 4) is 17.2 Å². The van der Waals surface area contributed by atoms with Gasteiger partial charge in [-0.25, -0.2) is 0 Å². The fraction of sp³-hybridized carbons (Fsp3) is 0.417. The van der Waals surface area contributed by atoms with Crippen LogP contribution in [0.4, 0.5) is 0 Å². The van der Waals surface area contributed by atoms with Gasteiger partial charge in [-0.1, -0.05) is 0 Å². The highest BCUT2D eigenvalue weighted by molar-refractivity contribution is 5.60. The number of rotatable bonds is 7. The van der Waals surface area contributed by atoms with Crippen LogP contribution in [0.25, 0.3) is 0 Å². The average Bonchev–Trinajstić information content (AvgIpc) is 2.43. The minimum Gasteiger partial charge on any atom is -0.493 e. The quantitative estimate of drug-likeness (QED) is 0.675. The molecule has 0 bridgehead atoms. The van der Waals surface area contributed by atoms with E-state index in [1.165, 1.54) is 14.2 Å². The number of aldehydes is 1. The molecule has 0 aliphatic carbocycles. The van der Waals surface area contributed by atoms with Crippen LogP contribution in [0.2, 0.25) is 0 Å². The SMILES string of the molecule is COc1cc(CO)cc(OC)c1OC(C=O)CO. The zero-order chi connectivity index (χ0) is 13.5. The molecule has 2 N–H and O–H groups in total. The summed E-state index contributed by atoms with van der Waals surface area (Å²) in [6.45, 7) is -0.623. The zero-order valence-corrected chi connectivity index (χ0v) is 10.3. The highest BCUT2D eigenvalue weighted by Gasteiger charge is 2.18. The van der Waals surface area contributed by atoms with Crippen molar-refractivity contribution < 1.29 is 29.2 Å². The van der Waals surface area contributed by atoms with E-state index in [1.807, 2.05) is 0 Å². The maximum atomic E-state index is 10.7. The van der Waals surface area contributed by atoms with E-state index in [0.29, 0.717) is 23.3 Å². The lowest BCUT2D eigenvalue weighted by Crippen LogP contribution is -2.23. The van der Waals surface area contributed by atoms with Crippen molar-refractivity contribution in [1.29, 1.82) is 0 Å². The first-order chi connectivity index (χ1) is 8.69. The number of methoxy groups -OCH3 is 2. The van der Waals surface area contributed by atoms with Crippen molar-refractivity contribution >= 4 is 6.29 Å². The van der Waals surface area contributed by atoms with E-state index in [4.69, 9.17) is 24.4 Å². The summed E-state index contributed by atoms with van der Waals surface area (Å²) in [5, 5.41) is 18.0. The molecule has 6 heteroatoms. The number of aliphatic hydroxyl groups is 2. The van der Waals surface area contributed by atoms with E-state index >= 15 is 0 Å². The highest BCUT2D eigenvalue weighted by Crippen LogP contribution is 2.39. The minimum absolute atomic E-state index is 0.176. The fourth-order valence-corrected chi connectivity index (χ4v) is 1.40. The summed E-state index contributed by atoms with van der Waals surface area (Å²) in [5.74, 6) is 0.848. The Morgan fingerprint density at radius 1 is 1.22 bits per heavy atom. The molecule has 1 rings (SSSR count). The standard InChI is InChI=1S/C12H16O6/c1-16-10-3-8(5-13)4-11(17-2)12(10)18-9(6-14)7-15/h3-4,6,9,13,15H,5,7H2,1-2H3. The predicted molar refractivity (Wildman–Crippen MR) is 63.0 cm³/mol. The lowest BCUT2D eigenvalue weighted by Gasteiger charge is -2.17. The first-order valence-electron chi connectivity index (χ1n) is 5.28. The van der Waals surface area contributed by atoms with Crippen molar-refractivity contribution in [2.75, 3.05) is 20.8 Å². The molecule has 1 aromatic carbocycles. The van der Waals surface area contributed by atoms with Gasteiger partial charge in [0.05, 0.1) is 27.4 Å². The summed E-state index contributed by atoms with van der Waals surface area (Å²) >= 11 is 0. The van der Waals surface area contributed by atoms with Gasteiger partial charge in [0.1, 0.15) is 0 Å². The van der Waals surface area contributed by atoms with Crippen LogP contribution in [0, 0.1) is 0 Å². The van der Waals surface area contributed by atoms with E-state index in [2.05, 4.69) is 0 Å². The molecular weight excluding hydrogens is 240 g/mol. The van der Waals surface area contributed by atoms with Gasteiger partial charge in [-0.3, -0.25) is 4.79 Å². The molecule has 0 spiro atoms. The Morgan fingerprint density at radius 3 is 2.11 bits per heavy atom. The number of ether oxygens (including phenoxy) is 3. The second-order valence-electron chi connectivity index (χ2n) is 3.46. The van der Waals surface area contributed by atoms with Crippen molar-refractivity contribution in [3.05, 3.63) is 17.7 Å². The molecule has 0 heterocycles. The summed E-state index contributed by atoms with van der Waals surface area (Å²) < 4.78 is 15.5. The van der Waals surface area contributed by atoms with E-state index in [9.17, 15) is 4.79 Å². The maximum Gasteiger partial charge on any atom is 0.204 e. The Morgan fingerprint density at radius 2 is 1.78 bits per heavy atom. The van der Waals surface area contributed by atoms with Crippen molar-refractivity contribution in [1.82, 2.24) is 0 Å². The molecule has 0 saturated heterocycles. The van der Waals surface area contributed by atoms with E-state index in [0.717, 1.165) is 0 Å². The second-order valence-corrected chi connectivity index (χ2v) is 3.46. The van der Waals surface area contributed by atoms with Crippen LogP contribution >= 0.6 is 0 Å². The highest BCUT2D eigenvalue weighted by atomic mass is 16.5. The molecule has 6 nitrogen and oxygen atoms in total. The predicted octanol–water partition coefficient (Wildman–Crippen LogP) is 0.135. The van der Waals surface area contributed by atoms with E-state index in [-0.39, 0.29) is 12.4 Å². The van der Waals surface area contributed by atoms with Gasteiger partial charge >= 0.3 is 0 Å². The molecular formula is C12H16O6. The van der Waals surface area contributed by atoms with Gasteiger partial charge < -0.3 is 24.4 Å². The topological polar surface area (TPSA) is 85.2 Å². The molecule has 100 valence electrons. The van der Waals surface area contributed by atoms with Gasteiger partial charge in [0, 0.05) is 0 Å². The lowest BCUT2D eigenvalue weighted by atomic mass is 10.2. The number of aliphatic hydroxyl groups excluding tert-OH is 2. The summed E-state index contributed by atoms with van der Waals surface area (Å²) in [6, 6.07) is 3.13. The molecule has 0 radical (unpaired) electrons. The Hall–Kier alpha value is -1.79. The van der Waals surface area contributed by atoms with Gasteiger partial charge in [-0.2, -0.15) is 0 Å². The molecule has 18 heavy (non-hydrogen) atoms. The van der Waals surface area contributed by atoms with Crippen LogP contribution in [0.15, 0.2) is 12.1 Å². The van der Waals surface area contributed by atoms with Gasteiger partial charge in [0.25, 0.3) is 0 Å². The van der Waals surface area contributed by atoms with Gasteiger partial charge in [-0.05, 0) is 17.7 Å². The molecule has 1 unspecified atom stereocenters. The number of hydrogen-bond acceptors (Lipinski definition) is 6. The van der Waals surface area contributed by atoms with Crippen LogP contribution in [0.1, 0.15) is 5.56 Å². The summed E-state index contributed by atoms with van der Waals surface area (Å²) in [4.78, 5) is 10.7. The lowest BCUT2D eigenvalue weighted by molar-refractivity contribution is -0.115. The molecule has 0 saturated carbocycles. The molecule has 0 fully saturated rings. The van der Waals surface area contributed by atoms with Crippen molar-refractivity contribution in [2.45, 2.75) is 12.7 Å². The van der Waals surface area contributed by atoms with E-state index in [1.54, 1.807) is 12.1 Å². The molecule has 0 aliphatic rings. The third-order valence-electron chi connectivity index (χ3n) is 2.30. The van der Waals surface area contributed by atoms with Gasteiger partial charge in [0.2, 0.25) is 5.75 Å². The van der Waals surface area contributed by atoms with Crippen LogP contribution < -0.4 is 14.2 Å². The third-order valence-corrected chi connectivity index (χ3v) is 2.30. The summed E-state index contributed by atoms with van der Waals surface area (Å²) in [7, 11) is 2.86. The Kier molecular flexibility index (Phi) is 5.41. The zero-order valence-electron chi connectivity index (χ0n) is 10.3. The smallest absolute Gasteiger partial charge is 0.204 e. The van der Waals surface area contributed by atoms with Gasteiger partial charge in [0.15, 0.2) is 23.9 Å². The first-order valence-corrected chi connectivity index (χ1v) is 5.28. The Bertz CT molecular complexity index is 379. The summed E-state index contributed by atoms with van der Waals surface area (Å²) in [6.07, 6.45) is -0.508. The van der Waals surface area contributed by atoms with Crippen molar-refractivity contribution in [3.63, 3.8) is 0 Å². The molecule has 1 aromatic rings. The molecule has 0 aliphatic heterocycles. The van der Waals surface area contributed by atoms with Gasteiger partial charge in [-0.15, -0.1) is 0 Å². The molecule has 0 aromatic heterocycles. The molecule has 1 atom stereocenters.